The largest absolute Gasteiger partial charge is 0.476 e. The van der Waals surface area contributed by atoms with E-state index in [9.17, 15) is 4.57 Å². The van der Waals surface area contributed by atoms with Gasteiger partial charge in [0.15, 0.2) is 0 Å². The van der Waals surface area contributed by atoms with Gasteiger partial charge in [0.05, 0.1) is 18.7 Å². The molecule has 0 saturated heterocycles. The summed E-state index contributed by atoms with van der Waals surface area (Å²) in [6.07, 6.45) is 3.00. The highest BCUT2D eigenvalue weighted by molar-refractivity contribution is 7.48. The van der Waals surface area contributed by atoms with Gasteiger partial charge in [-0.3, -0.25) is 13.6 Å². The van der Waals surface area contributed by atoms with Crippen molar-refractivity contribution >= 4 is 18.7 Å². The topological polar surface area (TPSA) is 59.4 Å². The molecule has 0 amide bonds. The number of phosphoric acid groups is 1. The van der Waals surface area contributed by atoms with E-state index in [1.807, 2.05) is 60.8 Å². The van der Waals surface area contributed by atoms with E-state index in [-0.39, 0.29) is 19.9 Å². The number of fused-ring (bicyclic) bond motifs is 1. The van der Waals surface area contributed by atoms with Crippen molar-refractivity contribution in [3.63, 3.8) is 0 Å². The quantitative estimate of drug-likeness (QED) is 0.419. The third kappa shape index (κ3) is 8.12. The van der Waals surface area contributed by atoms with Crippen molar-refractivity contribution in [2.24, 2.45) is 0 Å². The van der Waals surface area contributed by atoms with E-state index in [4.69, 9.17) is 13.6 Å². The molecule has 8 nitrogen and oxygen atoms in total. The molecule has 0 spiro atoms. The average molecular weight is 441 g/mol. The SMILES string of the molecule is CN(C)CCOP(=O)(OCCN(C)C)OCn1cc(CCN(C)C)c2ccccc21. The number of phosphoric ester groups is 1. The summed E-state index contributed by atoms with van der Waals surface area (Å²) in [6.45, 7) is 2.86. The Hall–Kier alpha value is -1.25. The molecule has 0 fully saturated rings. The van der Waals surface area contributed by atoms with Crippen molar-refractivity contribution in [3.05, 3.63) is 36.0 Å². The zero-order valence-corrected chi connectivity index (χ0v) is 20.1. The van der Waals surface area contributed by atoms with Gasteiger partial charge in [-0.1, -0.05) is 18.2 Å². The first-order valence-electron chi connectivity index (χ1n) is 10.2. The predicted octanol–water partition coefficient (Wildman–Crippen LogP) is 2.98. The van der Waals surface area contributed by atoms with Crippen LogP contribution >= 0.6 is 7.82 Å². The minimum Gasteiger partial charge on any atom is -0.323 e. The Labute approximate surface area is 180 Å². The molecule has 0 bridgehead atoms. The van der Waals surface area contributed by atoms with Crippen molar-refractivity contribution < 1.29 is 18.1 Å². The van der Waals surface area contributed by atoms with Crippen LogP contribution in [-0.2, 0) is 31.3 Å². The first-order chi connectivity index (χ1) is 14.2. The van der Waals surface area contributed by atoms with Crippen LogP contribution in [0.3, 0.4) is 0 Å². The van der Waals surface area contributed by atoms with Crippen LogP contribution in [0.5, 0.6) is 0 Å². The lowest BCUT2D eigenvalue weighted by atomic mass is 10.1. The zero-order valence-electron chi connectivity index (χ0n) is 19.2. The van der Waals surface area contributed by atoms with Gasteiger partial charge in [-0.2, -0.15) is 0 Å². The number of benzene rings is 1. The molecule has 2 rings (SSSR count). The van der Waals surface area contributed by atoms with Gasteiger partial charge < -0.3 is 19.3 Å². The van der Waals surface area contributed by atoms with Crippen molar-refractivity contribution in [3.8, 4) is 0 Å². The molecule has 0 aliphatic rings. The molecule has 2 aromatic rings. The predicted molar refractivity (Wildman–Crippen MR) is 122 cm³/mol. The maximum Gasteiger partial charge on any atom is 0.476 e. The normalized spacial score (nSPS) is 12.7. The molecular weight excluding hydrogens is 403 g/mol. The van der Waals surface area contributed by atoms with Crippen molar-refractivity contribution in [1.29, 1.82) is 0 Å². The molecule has 0 unspecified atom stereocenters. The van der Waals surface area contributed by atoms with Gasteiger partial charge in [0.25, 0.3) is 0 Å². The summed E-state index contributed by atoms with van der Waals surface area (Å²) in [6, 6.07) is 8.18. The van der Waals surface area contributed by atoms with Crippen LogP contribution in [0, 0.1) is 0 Å². The van der Waals surface area contributed by atoms with Crippen LogP contribution in [0.1, 0.15) is 5.56 Å². The fraction of sp³-hybridized carbons (Fsp3) is 0.619. The number of hydrogen-bond donors (Lipinski definition) is 0. The second-order valence-electron chi connectivity index (χ2n) is 8.17. The van der Waals surface area contributed by atoms with E-state index in [1.54, 1.807) is 0 Å². The van der Waals surface area contributed by atoms with Crippen molar-refractivity contribution in [1.82, 2.24) is 19.3 Å². The molecule has 0 N–H and O–H groups in total. The third-order valence-electron chi connectivity index (χ3n) is 4.63. The Kier molecular flexibility index (Phi) is 9.97. The zero-order chi connectivity index (χ0) is 22.1. The third-order valence-corrected chi connectivity index (χ3v) is 6.06. The highest BCUT2D eigenvalue weighted by atomic mass is 31.2. The summed E-state index contributed by atoms with van der Waals surface area (Å²) in [5, 5.41) is 1.18. The first kappa shape index (κ1) is 25.0. The van der Waals surface area contributed by atoms with E-state index >= 15 is 0 Å². The second-order valence-corrected chi connectivity index (χ2v) is 9.84. The molecule has 170 valence electrons. The lowest BCUT2D eigenvalue weighted by Gasteiger charge is -2.20. The summed E-state index contributed by atoms with van der Waals surface area (Å²) in [4.78, 5) is 6.08. The van der Waals surface area contributed by atoms with Crippen LogP contribution in [0.25, 0.3) is 10.9 Å². The Bertz CT molecular complexity index is 804. The monoisotopic (exact) mass is 440 g/mol. The van der Waals surface area contributed by atoms with E-state index in [2.05, 4.69) is 31.3 Å². The maximum atomic E-state index is 13.2. The molecule has 0 saturated carbocycles. The number of para-hydroxylation sites is 1. The lowest BCUT2D eigenvalue weighted by molar-refractivity contribution is 0.0827. The molecule has 30 heavy (non-hydrogen) atoms. The van der Waals surface area contributed by atoms with Crippen molar-refractivity contribution in [2.45, 2.75) is 13.2 Å². The number of aromatic nitrogens is 1. The summed E-state index contributed by atoms with van der Waals surface area (Å²) in [7, 11) is 8.18. The maximum absolute atomic E-state index is 13.2. The van der Waals surface area contributed by atoms with Gasteiger partial charge in [0.1, 0.15) is 6.73 Å². The van der Waals surface area contributed by atoms with Crippen LogP contribution in [0.2, 0.25) is 0 Å². The van der Waals surface area contributed by atoms with E-state index in [0.29, 0.717) is 13.1 Å². The van der Waals surface area contributed by atoms with Gasteiger partial charge in [0.2, 0.25) is 0 Å². The fourth-order valence-electron chi connectivity index (χ4n) is 2.89. The molecule has 0 aliphatic carbocycles. The summed E-state index contributed by atoms with van der Waals surface area (Å²) in [5.74, 6) is 0. The van der Waals surface area contributed by atoms with E-state index < -0.39 is 7.82 Å². The minimum atomic E-state index is -3.68. The minimum absolute atomic E-state index is 0.101. The molecule has 0 radical (unpaired) electrons. The average Bonchev–Trinajstić information content (AvgIpc) is 3.02. The fourth-order valence-corrected chi connectivity index (χ4v) is 3.99. The van der Waals surface area contributed by atoms with E-state index in [1.165, 1.54) is 10.9 Å². The summed E-state index contributed by atoms with van der Waals surface area (Å²) >= 11 is 0. The molecule has 1 heterocycles. The Morgan fingerprint density at radius 2 is 1.40 bits per heavy atom. The Morgan fingerprint density at radius 3 is 1.97 bits per heavy atom. The van der Waals surface area contributed by atoms with Gasteiger partial charge in [-0.05, 0) is 60.3 Å². The van der Waals surface area contributed by atoms with Gasteiger partial charge >= 0.3 is 7.82 Å². The summed E-state index contributed by atoms with van der Waals surface area (Å²) < 4.78 is 32.1. The molecule has 1 aromatic carbocycles. The smallest absolute Gasteiger partial charge is 0.323 e. The van der Waals surface area contributed by atoms with E-state index in [0.717, 1.165) is 18.5 Å². The second kappa shape index (κ2) is 12.0. The molecule has 0 atom stereocenters. The molecule has 0 aliphatic heterocycles. The standard InChI is InChI=1S/C21H37N4O4P/c1-22(2)12-11-19-17-25(21-10-8-7-9-20(19)21)18-29-30(26,27-15-13-23(3)4)28-16-14-24(5)6/h7-10,17H,11-16,18H2,1-6H3. The molecule has 9 heteroatoms. The van der Waals surface area contributed by atoms with Crippen LogP contribution in [0.4, 0.5) is 0 Å². The van der Waals surface area contributed by atoms with Crippen LogP contribution < -0.4 is 0 Å². The molecule has 1 aromatic heterocycles. The van der Waals surface area contributed by atoms with Gasteiger partial charge in [-0.15, -0.1) is 0 Å². The summed E-state index contributed by atoms with van der Waals surface area (Å²) in [5.41, 5.74) is 2.28. The number of likely N-dealkylation sites (N-methyl/N-ethyl adjacent to an activating group) is 3. The number of rotatable bonds is 14. The first-order valence-corrected chi connectivity index (χ1v) is 11.7. The van der Waals surface area contributed by atoms with Gasteiger partial charge in [-0.25, -0.2) is 4.57 Å². The Balaban J connectivity index is 2.12. The van der Waals surface area contributed by atoms with Gasteiger partial charge in [0, 0.05) is 31.2 Å². The highest BCUT2D eigenvalue weighted by Crippen LogP contribution is 2.49. The Morgan fingerprint density at radius 1 is 0.833 bits per heavy atom. The highest BCUT2D eigenvalue weighted by Gasteiger charge is 2.27. The lowest BCUT2D eigenvalue weighted by Crippen LogP contribution is -2.20. The van der Waals surface area contributed by atoms with Crippen molar-refractivity contribution in [2.75, 3.05) is 75.1 Å². The number of hydrogen-bond acceptors (Lipinski definition) is 7. The number of nitrogens with zero attached hydrogens (tertiary/aromatic N) is 4. The molecular formula is C21H37N4O4P. The van der Waals surface area contributed by atoms with Crippen LogP contribution in [-0.4, -0.2) is 94.4 Å². The van der Waals surface area contributed by atoms with Crippen LogP contribution in [0.15, 0.2) is 30.5 Å².